The van der Waals surface area contributed by atoms with E-state index in [0.29, 0.717) is 13.1 Å². The van der Waals surface area contributed by atoms with Crippen LogP contribution in [0.3, 0.4) is 0 Å². The number of nitrogens with two attached hydrogens (primary N) is 1. The van der Waals surface area contributed by atoms with Gasteiger partial charge in [-0.3, -0.25) is 0 Å². The second-order valence-electron chi connectivity index (χ2n) is 2.29. The van der Waals surface area contributed by atoms with Crippen LogP contribution < -0.4 is 11.1 Å². The summed E-state index contributed by atoms with van der Waals surface area (Å²) in [5.74, 6) is 0. The van der Waals surface area contributed by atoms with Crippen molar-refractivity contribution in [1.29, 1.82) is 0 Å². The summed E-state index contributed by atoms with van der Waals surface area (Å²) in [6.45, 7) is 1.05. The van der Waals surface area contributed by atoms with Crippen LogP contribution in [0.4, 0.5) is 4.79 Å². The van der Waals surface area contributed by atoms with Crippen molar-refractivity contribution >= 4 is 6.03 Å². The number of carbonyl (C=O) groups excluding carboxylic acids is 1. The molecule has 2 amide bonds. The molecule has 0 rings (SSSR count). The largest absolute Gasteiger partial charge is 0.335 e. The molecule has 0 bridgehead atoms. The minimum atomic E-state index is -0.0910. The van der Waals surface area contributed by atoms with E-state index in [2.05, 4.69) is 5.32 Å². The maximum absolute atomic E-state index is 10.9. The van der Waals surface area contributed by atoms with Gasteiger partial charge in [-0.25, -0.2) is 4.79 Å². The third-order valence-corrected chi connectivity index (χ3v) is 1.08. The lowest BCUT2D eigenvalue weighted by molar-refractivity contribution is 0.218. The number of nitrogens with zero attached hydrogens (tertiary/aromatic N) is 1. The molecule has 0 unspecified atom stereocenters. The first-order valence-corrected chi connectivity index (χ1v) is 3.48. The summed E-state index contributed by atoms with van der Waals surface area (Å²) in [4.78, 5) is 12.3. The number of urea groups is 1. The smallest absolute Gasteiger partial charge is 0.317 e. The fourth-order valence-corrected chi connectivity index (χ4v) is 0.484. The summed E-state index contributed by atoms with van der Waals surface area (Å²) in [5.41, 5.74) is 5.20. The van der Waals surface area contributed by atoms with Crippen molar-refractivity contribution < 1.29 is 4.79 Å². The second kappa shape index (κ2) is 5.73. The molecule has 64 valence electrons. The molecule has 0 atom stereocenters. The van der Waals surface area contributed by atoms with Crippen molar-refractivity contribution in [2.45, 2.75) is 0 Å². The lowest BCUT2D eigenvalue weighted by Gasteiger charge is -2.09. The topological polar surface area (TPSA) is 58.4 Å². The summed E-state index contributed by atoms with van der Waals surface area (Å²) in [7, 11) is 3.39. The Kier molecular flexibility index (Phi) is 5.20. The van der Waals surface area contributed by atoms with E-state index in [0.717, 1.165) is 0 Å². The van der Waals surface area contributed by atoms with Gasteiger partial charge in [0.1, 0.15) is 0 Å². The molecule has 4 nitrogen and oxygen atoms in total. The van der Waals surface area contributed by atoms with Crippen LogP contribution in [0.1, 0.15) is 0 Å². The minimum Gasteiger partial charge on any atom is -0.335 e. The number of carbonyl (C=O) groups is 1. The average Bonchev–Trinajstić information content (AvgIpc) is 1.97. The summed E-state index contributed by atoms with van der Waals surface area (Å²) < 4.78 is 0. The van der Waals surface area contributed by atoms with E-state index in [-0.39, 0.29) is 6.03 Å². The first-order chi connectivity index (χ1) is 5.18. The van der Waals surface area contributed by atoms with Crippen molar-refractivity contribution in [3.63, 3.8) is 0 Å². The molecule has 3 N–H and O–H groups in total. The van der Waals surface area contributed by atoms with Crippen LogP contribution in [0, 0.1) is 0 Å². The van der Waals surface area contributed by atoms with Gasteiger partial charge in [0.2, 0.25) is 0 Å². The van der Waals surface area contributed by atoms with Gasteiger partial charge in [0.15, 0.2) is 0 Å². The molecule has 0 aromatic carbocycles. The maximum atomic E-state index is 10.9. The number of hydrogen-bond donors (Lipinski definition) is 2. The van der Waals surface area contributed by atoms with E-state index < -0.39 is 0 Å². The molecule has 11 heavy (non-hydrogen) atoms. The van der Waals surface area contributed by atoms with Gasteiger partial charge in [0.05, 0.1) is 0 Å². The Morgan fingerprint density at radius 2 is 2.18 bits per heavy atom. The lowest BCUT2D eigenvalue weighted by atomic mass is 10.5. The van der Waals surface area contributed by atoms with Crippen molar-refractivity contribution in [2.75, 3.05) is 27.2 Å². The van der Waals surface area contributed by atoms with Crippen LogP contribution in [0.25, 0.3) is 0 Å². The first kappa shape index (κ1) is 9.97. The number of nitrogens with one attached hydrogen (secondary N) is 1. The Morgan fingerprint density at radius 3 is 2.64 bits per heavy atom. The molecule has 0 aliphatic rings. The van der Waals surface area contributed by atoms with Crippen molar-refractivity contribution in [3.05, 3.63) is 12.2 Å². The second-order valence-corrected chi connectivity index (χ2v) is 2.29. The van der Waals surface area contributed by atoms with Gasteiger partial charge in [-0.15, -0.1) is 0 Å². The van der Waals surface area contributed by atoms with E-state index in [1.807, 2.05) is 6.08 Å². The Labute approximate surface area is 67.1 Å². The molecule has 0 radical (unpaired) electrons. The van der Waals surface area contributed by atoms with Crippen LogP contribution in [0.5, 0.6) is 0 Å². The van der Waals surface area contributed by atoms with Crippen LogP contribution in [0.15, 0.2) is 12.2 Å². The standard InChI is InChI=1S/C7H15N3O/c1-10(2)7(11)9-6-4-3-5-8/h3-4H,5-6,8H2,1-2H3,(H,9,11)/b4-3+. The number of hydrogen-bond acceptors (Lipinski definition) is 2. The van der Waals surface area contributed by atoms with Gasteiger partial charge in [-0.1, -0.05) is 12.2 Å². The zero-order valence-corrected chi connectivity index (χ0v) is 7.00. The average molecular weight is 157 g/mol. The summed E-state index contributed by atoms with van der Waals surface area (Å²) >= 11 is 0. The van der Waals surface area contributed by atoms with Crippen molar-refractivity contribution in [1.82, 2.24) is 10.2 Å². The van der Waals surface area contributed by atoms with Gasteiger partial charge in [0.25, 0.3) is 0 Å². The lowest BCUT2D eigenvalue weighted by Crippen LogP contribution is -2.34. The molecule has 0 aromatic heterocycles. The van der Waals surface area contributed by atoms with Gasteiger partial charge in [-0.05, 0) is 0 Å². The number of rotatable bonds is 3. The van der Waals surface area contributed by atoms with E-state index in [1.165, 1.54) is 4.90 Å². The molecule has 0 saturated carbocycles. The molecule has 0 aliphatic heterocycles. The molecule has 0 fully saturated rings. The summed E-state index contributed by atoms with van der Waals surface area (Å²) in [5, 5.41) is 2.66. The van der Waals surface area contributed by atoms with Gasteiger partial charge in [-0.2, -0.15) is 0 Å². The van der Waals surface area contributed by atoms with Crippen molar-refractivity contribution in [3.8, 4) is 0 Å². The molecule has 4 heteroatoms. The summed E-state index contributed by atoms with van der Waals surface area (Å²) in [6, 6.07) is -0.0910. The highest BCUT2D eigenvalue weighted by Gasteiger charge is 1.97. The van der Waals surface area contributed by atoms with E-state index in [4.69, 9.17) is 5.73 Å². The van der Waals surface area contributed by atoms with Gasteiger partial charge >= 0.3 is 6.03 Å². The van der Waals surface area contributed by atoms with Gasteiger partial charge in [0, 0.05) is 27.2 Å². The highest BCUT2D eigenvalue weighted by Crippen LogP contribution is 1.76. The Hall–Kier alpha value is -1.03. The van der Waals surface area contributed by atoms with Gasteiger partial charge < -0.3 is 16.0 Å². The van der Waals surface area contributed by atoms with Crippen molar-refractivity contribution in [2.24, 2.45) is 5.73 Å². The third kappa shape index (κ3) is 5.42. The Bertz CT molecular complexity index is 143. The normalized spacial score (nSPS) is 10.1. The van der Waals surface area contributed by atoms with E-state index in [1.54, 1.807) is 20.2 Å². The zero-order chi connectivity index (χ0) is 8.69. The van der Waals surface area contributed by atoms with Crippen LogP contribution in [-0.2, 0) is 0 Å². The number of amides is 2. The SMILES string of the molecule is CN(C)C(=O)NC/C=C/CN. The third-order valence-electron chi connectivity index (χ3n) is 1.08. The molecule has 0 aliphatic carbocycles. The monoisotopic (exact) mass is 157 g/mol. The van der Waals surface area contributed by atoms with Crippen LogP contribution in [-0.4, -0.2) is 38.1 Å². The zero-order valence-electron chi connectivity index (χ0n) is 7.00. The summed E-state index contributed by atoms with van der Waals surface area (Å²) in [6.07, 6.45) is 3.62. The van der Waals surface area contributed by atoms with E-state index in [9.17, 15) is 4.79 Å². The van der Waals surface area contributed by atoms with Crippen LogP contribution >= 0.6 is 0 Å². The fourth-order valence-electron chi connectivity index (χ4n) is 0.484. The molecule has 0 spiro atoms. The molecule has 0 heterocycles. The Morgan fingerprint density at radius 1 is 1.55 bits per heavy atom. The highest BCUT2D eigenvalue weighted by atomic mass is 16.2. The maximum Gasteiger partial charge on any atom is 0.317 e. The minimum absolute atomic E-state index is 0.0910. The molecular weight excluding hydrogens is 142 g/mol. The molecule has 0 aromatic rings. The predicted molar refractivity (Wildman–Crippen MR) is 45.3 cm³/mol. The fraction of sp³-hybridized carbons (Fsp3) is 0.571. The van der Waals surface area contributed by atoms with Crippen LogP contribution in [0.2, 0.25) is 0 Å². The predicted octanol–water partition coefficient (Wildman–Crippen LogP) is -0.227. The molecular formula is C7H15N3O. The Balaban J connectivity index is 3.39. The first-order valence-electron chi connectivity index (χ1n) is 3.48. The van der Waals surface area contributed by atoms with E-state index >= 15 is 0 Å². The molecule has 0 saturated heterocycles. The highest BCUT2D eigenvalue weighted by molar-refractivity contribution is 5.73. The quantitative estimate of drug-likeness (QED) is 0.556.